The van der Waals surface area contributed by atoms with Crippen molar-refractivity contribution in [3.05, 3.63) is 36.4 Å². The molecule has 1 aliphatic heterocycles. The SMILES string of the molecule is C=CC1C[C@]1(NC(O)C1C[C@@H](Oc2cc(-c3nnc(NC(C)C)s3)nc3c(C)c(OC)ccc23)CN1C(=O)[C@@H](NC(=O)O[C@H]1CCC2(CC2)C1)C(C)(C)C)C(=O)O. The highest BCUT2D eigenvalue weighted by molar-refractivity contribution is 7.18. The second-order valence-electron chi connectivity index (χ2n) is 17.7. The number of ether oxygens (including phenoxy) is 3. The number of carbonyl (C=O) groups is 3. The zero-order valence-electron chi connectivity index (χ0n) is 33.8. The molecule has 1 aromatic carbocycles. The first kappa shape index (κ1) is 40.6. The Labute approximate surface area is 336 Å². The van der Waals surface area contributed by atoms with Gasteiger partial charge in [-0.15, -0.1) is 16.8 Å². The lowest BCUT2D eigenvalue weighted by Gasteiger charge is -2.37. The number of aryl methyl sites for hydroxylation is 1. The lowest BCUT2D eigenvalue weighted by Crippen LogP contribution is -2.60. The van der Waals surface area contributed by atoms with E-state index in [0.717, 1.165) is 37.7 Å². The number of alkyl carbamates (subject to hydrolysis) is 1. The topological polar surface area (TPSA) is 197 Å². The third-order valence-electron chi connectivity index (χ3n) is 12.0. The molecule has 57 heavy (non-hydrogen) atoms. The summed E-state index contributed by atoms with van der Waals surface area (Å²) in [5, 5.41) is 41.7. The molecule has 1 saturated heterocycles. The van der Waals surface area contributed by atoms with Gasteiger partial charge in [0.15, 0.2) is 5.01 Å². The van der Waals surface area contributed by atoms with Gasteiger partial charge in [0.25, 0.3) is 0 Å². The number of carboxylic acids is 1. The van der Waals surface area contributed by atoms with Crippen LogP contribution in [0.2, 0.25) is 0 Å². The number of nitrogens with zero attached hydrogens (tertiary/aromatic N) is 4. The number of methoxy groups -OCH3 is 1. The Morgan fingerprint density at radius 1 is 1.11 bits per heavy atom. The van der Waals surface area contributed by atoms with Crippen molar-refractivity contribution in [3.63, 3.8) is 0 Å². The molecule has 3 aliphatic carbocycles. The van der Waals surface area contributed by atoms with E-state index in [9.17, 15) is 24.6 Å². The number of carbonyl (C=O) groups excluding carboxylic acids is 2. The summed E-state index contributed by atoms with van der Waals surface area (Å²) in [7, 11) is 1.60. The van der Waals surface area contributed by atoms with E-state index in [1.54, 1.807) is 19.3 Å². The minimum Gasteiger partial charge on any atom is -0.496 e. The first-order valence-electron chi connectivity index (χ1n) is 19.8. The monoisotopic (exact) mass is 805 g/mol. The van der Waals surface area contributed by atoms with E-state index in [2.05, 4.69) is 32.7 Å². The number of likely N-dealkylation sites (tertiary alicyclic amines) is 1. The number of carboxylic acid groups (broad SMARTS) is 1. The molecule has 308 valence electrons. The number of benzene rings is 1. The summed E-state index contributed by atoms with van der Waals surface area (Å²) in [5.41, 5.74) is 0.0988. The van der Waals surface area contributed by atoms with Crippen LogP contribution in [0.3, 0.4) is 0 Å². The predicted octanol–water partition coefficient (Wildman–Crippen LogP) is 5.65. The Balaban J connectivity index is 1.20. The van der Waals surface area contributed by atoms with Crippen molar-refractivity contribution in [2.24, 2.45) is 16.7 Å². The average molecular weight is 806 g/mol. The normalized spacial score (nSPS) is 25.9. The Kier molecular flexibility index (Phi) is 10.9. The van der Waals surface area contributed by atoms with Crippen molar-refractivity contribution in [2.45, 2.75) is 129 Å². The van der Waals surface area contributed by atoms with Gasteiger partial charge in [-0.25, -0.2) is 9.78 Å². The van der Waals surface area contributed by atoms with Gasteiger partial charge in [-0.2, -0.15) is 0 Å². The highest BCUT2D eigenvalue weighted by Crippen LogP contribution is 2.58. The molecular formula is C41H55N7O8S. The smallest absolute Gasteiger partial charge is 0.408 e. The number of anilines is 1. The molecule has 16 heteroatoms. The van der Waals surface area contributed by atoms with Gasteiger partial charge < -0.3 is 40.0 Å². The summed E-state index contributed by atoms with van der Waals surface area (Å²) >= 11 is 1.36. The Bertz CT molecular complexity index is 2050. The van der Waals surface area contributed by atoms with Crippen LogP contribution in [-0.4, -0.2) is 104 Å². The summed E-state index contributed by atoms with van der Waals surface area (Å²) < 4.78 is 18.3. The van der Waals surface area contributed by atoms with Crippen LogP contribution in [0.5, 0.6) is 11.5 Å². The molecule has 7 atom stereocenters. The zero-order valence-corrected chi connectivity index (χ0v) is 34.6. The third-order valence-corrected chi connectivity index (χ3v) is 12.9. The molecule has 15 nitrogen and oxygen atoms in total. The molecule has 3 aromatic rings. The first-order valence-corrected chi connectivity index (χ1v) is 20.6. The number of aliphatic carboxylic acids is 1. The van der Waals surface area contributed by atoms with Gasteiger partial charge >= 0.3 is 12.1 Å². The van der Waals surface area contributed by atoms with Crippen LogP contribution < -0.4 is 25.4 Å². The molecule has 7 rings (SSSR count). The summed E-state index contributed by atoms with van der Waals surface area (Å²) in [4.78, 5) is 47.1. The molecule has 3 unspecified atom stereocenters. The number of amides is 2. The van der Waals surface area contributed by atoms with Gasteiger partial charge in [0.2, 0.25) is 11.0 Å². The first-order chi connectivity index (χ1) is 27.0. The van der Waals surface area contributed by atoms with Crippen molar-refractivity contribution in [1.29, 1.82) is 0 Å². The van der Waals surface area contributed by atoms with Crippen LogP contribution >= 0.6 is 11.3 Å². The second kappa shape index (κ2) is 15.3. The summed E-state index contributed by atoms with van der Waals surface area (Å²) in [5.74, 6) is -0.831. The second-order valence-corrected chi connectivity index (χ2v) is 18.6. The van der Waals surface area contributed by atoms with E-state index in [-0.39, 0.29) is 31.5 Å². The van der Waals surface area contributed by atoms with Crippen LogP contribution in [0.15, 0.2) is 30.9 Å². The number of nitrogens with one attached hydrogen (secondary N) is 3. The molecule has 4 fully saturated rings. The number of rotatable bonds is 14. The van der Waals surface area contributed by atoms with Gasteiger partial charge in [0, 0.05) is 35.4 Å². The minimum atomic E-state index is -1.45. The molecule has 0 radical (unpaired) electrons. The molecule has 5 N–H and O–H groups in total. The van der Waals surface area contributed by atoms with Crippen LogP contribution in [0.1, 0.15) is 85.1 Å². The van der Waals surface area contributed by atoms with Crippen molar-refractivity contribution < 1.29 is 38.8 Å². The average Bonchev–Trinajstić information content (AvgIpc) is 3.85. The lowest BCUT2D eigenvalue weighted by atomic mass is 9.85. The Morgan fingerprint density at radius 3 is 2.47 bits per heavy atom. The largest absolute Gasteiger partial charge is 0.496 e. The standard InChI is InChI=1S/C41H55N7O8S/c1-9-23-18-41(23,36(51)52)45-33(49)28-16-25(20-48(28)35(50)32(39(5,6)7)44-38(53)56-24-12-13-40(19-24)14-15-40)55-30-17-27(34-46-47-37(57-34)42-21(2)3)43-31-22(4)29(54-8)11-10-26(30)31/h9-11,17,21,23-25,28,32-33,45,49H,1,12-16,18-20H2,2-8H3,(H,42,47)(H,44,53)(H,51,52)/t23?,24-,25+,28?,32+,33?,41+/m0/s1. The number of hydrogen-bond acceptors (Lipinski definition) is 13. The zero-order chi connectivity index (χ0) is 41.0. The van der Waals surface area contributed by atoms with Crippen molar-refractivity contribution in [1.82, 2.24) is 30.7 Å². The lowest BCUT2D eigenvalue weighted by molar-refractivity contribution is -0.144. The fourth-order valence-corrected chi connectivity index (χ4v) is 9.34. The van der Waals surface area contributed by atoms with Gasteiger partial charge in [-0.3, -0.25) is 14.9 Å². The molecule has 4 aliphatic rings. The van der Waals surface area contributed by atoms with E-state index >= 15 is 0 Å². The molecule has 3 saturated carbocycles. The maximum absolute atomic E-state index is 14.8. The number of fused-ring (bicyclic) bond motifs is 1. The van der Waals surface area contributed by atoms with E-state index in [0.29, 0.717) is 43.7 Å². The molecule has 0 bridgehead atoms. The van der Waals surface area contributed by atoms with Crippen LogP contribution in [0.4, 0.5) is 9.93 Å². The number of pyridine rings is 1. The van der Waals surface area contributed by atoms with E-state index < -0.39 is 59.3 Å². The Morgan fingerprint density at radius 2 is 1.86 bits per heavy atom. The molecule has 3 heterocycles. The van der Waals surface area contributed by atoms with E-state index in [4.69, 9.17) is 19.2 Å². The highest BCUT2D eigenvalue weighted by atomic mass is 32.1. The van der Waals surface area contributed by atoms with Gasteiger partial charge in [0.1, 0.15) is 47.2 Å². The third kappa shape index (κ3) is 8.26. The number of aliphatic hydroxyl groups excluding tert-OH is 1. The maximum atomic E-state index is 14.8. The van der Waals surface area contributed by atoms with E-state index in [1.165, 1.54) is 16.2 Å². The van der Waals surface area contributed by atoms with Gasteiger partial charge in [-0.05, 0) is 82.3 Å². The number of aromatic nitrogens is 3. The molecular weight excluding hydrogens is 751 g/mol. The molecule has 2 aromatic heterocycles. The van der Waals surface area contributed by atoms with Crippen LogP contribution in [-0.2, 0) is 14.3 Å². The summed E-state index contributed by atoms with van der Waals surface area (Å²) in [6, 6.07) is 3.71. The van der Waals surface area contributed by atoms with Gasteiger partial charge in [0.05, 0.1) is 25.2 Å². The number of aliphatic hydroxyl groups is 1. The van der Waals surface area contributed by atoms with Crippen molar-refractivity contribution in [3.8, 4) is 22.2 Å². The summed E-state index contributed by atoms with van der Waals surface area (Å²) in [6.07, 6.45) is 3.99. The van der Waals surface area contributed by atoms with Crippen LogP contribution in [0, 0.1) is 23.7 Å². The van der Waals surface area contributed by atoms with Crippen molar-refractivity contribution >= 4 is 45.3 Å². The summed E-state index contributed by atoms with van der Waals surface area (Å²) in [6.45, 7) is 15.3. The minimum absolute atomic E-state index is 0.0389. The van der Waals surface area contributed by atoms with E-state index in [1.807, 2.05) is 53.7 Å². The van der Waals surface area contributed by atoms with Crippen LogP contribution in [0.25, 0.3) is 21.6 Å². The fraction of sp³-hybridized carbons (Fsp3) is 0.610. The predicted molar refractivity (Wildman–Crippen MR) is 215 cm³/mol. The quantitative estimate of drug-likeness (QED) is 0.0991. The Hall–Kier alpha value is -4.54. The van der Waals surface area contributed by atoms with Gasteiger partial charge in [-0.1, -0.05) is 38.2 Å². The molecule has 2 amide bonds. The highest BCUT2D eigenvalue weighted by Gasteiger charge is 2.61. The molecule has 1 spiro atoms. The number of hydrogen-bond donors (Lipinski definition) is 5. The maximum Gasteiger partial charge on any atom is 0.408 e. The van der Waals surface area contributed by atoms with Crippen molar-refractivity contribution in [2.75, 3.05) is 19.0 Å². The fourth-order valence-electron chi connectivity index (χ4n) is 8.49.